The Bertz CT molecular complexity index is 307. The van der Waals surface area contributed by atoms with Gasteiger partial charge in [0.05, 0.1) is 6.10 Å². The molecule has 0 amide bonds. The molecule has 17 heavy (non-hydrogen) atoms. The maximum Gasteiger partial charge on any atom is 0.162 e. The van der Waals surface area contributed by atoms with E-state index in [1.165, 1.54) is 0 Å². The van der Waals surface area contributed by atoms with Gasteiger partial charge in [0.15, 0.2) is 6.29 Å². The van der Waals surface area contributed by atoms with Crippen molar-refractivity contribution in [3.8, 4) is 0 Å². The van der Waals surface area contributed by atoms with Crippen LogP contribution in [-0.4, -0.2) is 25.6 Å². The molecule has 96 valence electrons. The highest BCUT2D eigenvalue weighted by atomic mass is 16.7. The Morgan fingerprint density at radius 3 is 1.94 bits per heavy atom. The van der Waals surface area contributed by atoms with Crippen LogP contribution >= 0.6 is 0 Å². The number of hydrogen-bond donors (Lipinski definition) is 1. The second-order valence-electron chi connectivity index (χ2n) is 4.52. The van der Waals surface area contributed by atoms with Gasteiger partial charge in [0.1, 0.15) is 0 Å². The van der Waals surface area contributed by atoms with Gasteiger partial charge in [-0.25, -0.2) is 0 Å². The van der Waals surface area contributed by atoms with E-state index in [9.17, 15) is 5.11 Å². The van der Waals surface area contributed by atoms with Crippen molar-refractivity contribution in [1.82, 2.24) is 0 Å². The Balaban J connectivity index is 2.91. The minimum Gasteiger partial charge on any atom is -0.388 e. The molecular weight excluding hydrogens is 216 g/mol. The van der Waals surface area contributed by atoms with Gasteiger partial charge in [-0.15, -0.1) is 0 Å². The molecule has 0 unspecified atom stereocenters. The lowest BCUT2D eigenvalue weighted by atomic mass is 9.86. The van der Waals surface area contributed by atoms with E-state index in [2.05, 4.69) is 13.8 Å². The minimum atomic E-state index is -0.582. The van der Waals surface area contributed by atoms with E-state index in [0.29, 0.717) is 0 Å². The van der Waals surface area contributed by atoms with Crippen LogP contribution in [0.25, 0.3) is 0 Å². The summed E-state index contributed by atoms with van der Waals surface area (Å²) < 4.78 is 10.6. The molecule has 2 atom stereocenters. The first kappa shape index (κ1) is 14.2. The third kappa shape index (κ3) is 3.53. The number of hydrogen-bond acceptors (Lipinski definition) is 3. The zero-order chi connectivity index (χ0) is 12.8. The predicted molar refractivity (Wildman–Crippen MR) is 67.5 cm³/mol. The van der Waals surface area contributed by atoms with Crippen LogP contribution in [0.3, 0.4) is 0 Å². The molecule has 0 aliphatic heterocycles. The second-order valence-corrected chi connectivity index (χ2v) is 4.52. The smallest absolute Gasteiger partial charge is 0.162 e. The lowest BCUT2D eigenvalue weighted by Crippen LogP contribution is -2.33. The summed E-state index contributed by atoms with van der Waals surface area (Å²) in [6, 6.07) is 9.62. The van der Waals surface area contributed by atoms with Crippen molar-refractivity contribution in [1.29, 1.82) is 0 Å². The molecule has 1 N–H and O–H groups in total. The first-order valence-electron chi connectivity index (χ1n) is 5.90. The molecule has 0 bridgehead atoms. The van der Waals surface area contributed by atoms with Gasteiger partial charge in [0.2, 0.25) is 0 Å². The van der Waals surface area contributed by atoms with E-state index in [1.54, 1.807) is 14.2 Å². The van der Waals surface area contributed by atoms with E-state index < -0.39 is 12.4 Å². The van der Waals surface area contributed by atoms with Crippen LogP contribution in [0.4, 0.5) is 0 Å². The van der Waals surface area contributed by atoms with Crippen LogP contribution in [0, 0.1) is 11.8 Å². The summed E-state index contributed by atoms with van der Waals surface area (Å²) in [5.41, 5.74) is 0.894. The van der Waals surface area contributed by atoms with Crippen molar-refractivity contribution in [3.63, 3.8) is 0 Å². The fourth-order valence-electron chi connectivity index (χ4n) is 2.11. The topological polar surface area (TPSA) is 38.7 Å². The first-order chi connectivity index (χ1) is 8.11. The number of rotatable bonds is 6. The van der Waals surface area contributed by atoms with Crippen molar-refractivity contribution in [3.05, 3.63) is 35.9 Å². The van der Waals surface area contributed by atoms with Crippen molar-refractivity contribution >= 4 is 0 Å². The molecule has 1 aromatic carbocycles. The number of aliphatic hydroxyl groups excluding tert-OH is 1. The zero-order valence-electron chi connectivity index (χ0n) is 11.0. The van der Waals surface area contributed by atoms with Crippen LogP contribution in [0.2, 0.25) is 0 Å². The molecule has 0 saturated heterocycles. The molecule has 0 aliphatic carbocycles. The van der Waals surface area contributed by atoms with Gasteiger partial charge in [-0.05, 0) is 11.5 Å². The van der Waals surface area contributed by atoms with Crippen molar-refractivity contribution in [2.45, 2.75) is 26.2 Å². The van der Waals surface area contributed by atoms with Crippen LogP contribution < -0.4 is 0 Å². The fraction of sp³-hybridized carbons (Fsp3) is 0.571. The van der Waals surface area contributed by atoms with Crippen molar-refractivity contribution < 1.29 is 14.6 Å². The molecule has 0 aliphatic rings. The summed E-state index contributed by atoms with van der Waals surface area (Å²) in [4.78, 5) is 0. The lowest BCUT2D eigenvalue weighted by Gasteiger charge is -2.32. The second kappa shape index (κ2) is 6.74. The zero-order valence-corrected chi connectivity index (χ0v) is 11.0. The summed E-state index contributed by atoms with van der Waals surface area (Å²) >= 11 is 0. The van der Waals surface area contributed by atoms with E-state index in [4.69, 9.17) is 9.47 Å². The van der Waals surface area contributed by atoms with Gasteiger partial charge in [0.25, 0.3) is 0 Å². The van der Waals surface area contributed by atoms with Gasteiger partial charge in [-0.2, -0.15) is 0 Å². The number of aliphatic hydroxyl groups is 1. The summed E-state index contributed by atoms with van der Waals surface area (Å²) in [6.07, 6.45) is -0.980. The van der Waals surface area contributed by atoms with Crippen LogP contribution in [0.1, 0.15) is 25.5 Å². The summed E-state index contributed by atoms with van der Waals surface area (Å²) in [5.74, 6) is 0.169. The first-order valence-corrected chi connectivity index (χ1v) is 5.90. The largest absolute Gasteiger partial charge is 0.388 e. The number of benzene rings is 1. The Labute approximate surface area is 103 Å². The Hall–Kier alpha value is -0.900. The SMILES string of the molecule is COC(OC)[C@H](C(C)C)[C@@H](O)c1ccccc1. The highest BCUT2D eigenvalue weighted by Gasteiger charge is 2.32. The molecular formula is C14H22O3. The Morgan fingerprint density at radius 1 is 1.00 bits per heavy atom. The number of ether oxygens (including phenoxy) is 2. The van der Waals surface area contributed by atoms with Gasteiger partial charge >= 0.3 is 0 Å². The van der Waals surface area contributed by atoms with Crippen LogP contribution in [-0.2, 0) is 9.47 Å². The van der Waals surface area contributed by atoms with E-state index in [0.717, 1.165) is 5.56 Å². The molecule has 3 heteroatoms. The van der Waals surface area contributed by atoms with Gasteiger partial charge < -0.3 is 14.6 Å². The fourth-order valence-corrected chi connectivity index (χ4v) is 2.11. The predicted octanol–water partition coefficient (Wildman–Crippen LogP) is 2.61. The summed E-state index contributed by atoms with van der Waals surface area (Å²) in [6.45, 7) is 4.11. The number of methoxy groups -OCH3 is 2. The van der Waals surface area contributed by atoms with Gasteiger partial charge in [0, 0.05) is 20.1 Å². The van der Waals surface area contributed by atoms with E-state index >= 15 is 0 Å². The molecule has 0 aromatic heterocycles. The normalized spacial score (nSPS) is 15.2. The molecule has 0 spiro atoms. The molecule has 0 radical (unpaired) electrons. The van der Waals surface area contributed by atoms with Gasteiger partial charge in [-0.3, -0.25) is 0 Å². The molecule has 0 saturated carbocycles. The highest BCUT2D eigenvalue weighted by molar-refractivity contribution is 5.18. The van der Waals surface area contributed by atoms with Crippen LogP contribution in [0.15, 0.2) is 30.3 Å². The highest BCUT2D eigenvalue weighted by Crippen LogP contribution is 2.32. The standard InChI is InChI=1S/C14H22O3/c1-10(2)12(14(16-3)17-4)13(15)11-8-6-5-7-9-11/h5-10,12-15H,1-4H3/t12-,13+/m1/s1. The average Bonchev–Trinajstić information content (AvgIpc) is 2.35. The third-order valence-electron chi connectivity index (χ3n) is 3.05. The van der Waals surface area contributed by atoms with Crippen LogP contribution in [0.5, 0.6) is 0 Å². The molecule has 1 aromatic rings. The monoisotopic (exact) mass is 238 g/mol. The summed E-state index contributed by atoms with van der Waals surface area (Å²) in [5, 5.41) is 10.4. The summed E-state index contributed by atoms with van der Waals surface area (Å²) in [7, 11) is 3.20. The quantitative estimate of drug-likeness (QED) is 0.774. The van der Waals surface area contributed by atoms with Crippen molar-refractivity contribution in [2.24, 2.45) is 11.8 Å². The van der Waals surface area contributed by atoms with Crippen molar-refractivity contribution in [2.75, 3.05) is 14.2 Å². The molecule has 0 heterocycles. The third-order valence-corrected chi connectivity index (χ3v) is 3.05. The van der Waals surface area contributed by atoms with Gasteiger partial charge in [-0.1, -0.05) is 44.2 Å². The molecule has 1 rings (SSSR count). The van der Waals surface area contributed by atoms with E-state index in [1.807, 2.05) is 30.3 Å². The Kier molecular flexibility index (Phi) is 5.62. The maximum atomic E-state index is 10.4. The molecule has 3 nitrogen and oxygen atoms in total. The Morgan fingerprint density at radius 2 is 1.53 bits per heavy atom. The molecule has 0 fully saturated rings. The minimum absolute atomic E-state index is 0.0904. The lowest BCUT2D eigenvalue weighted by molar-refractivity contribution is -0.173. The maximum absolute atomic E-state index is 10.4. The average molecular weight is 238 g/mol. The van der Waals surface area contributed by atoms with E-state index in [-0.39, 0.29) is 11.8 Å².